The molecule has 0 heterocycles. The Balaban J connectivity index is 0. The Labute approximate surface area is 107 Å². The van der Waals surface area contributed by atoms with E-state index in [2.05, 4.69) is 0 Å². The third kappa shape index (κ3) is 85.4. The minimum Gasteiger partial charge on any atom is -1.00 e. The Bertz CT molecular complexity index is 6.49. The second kappa shape index (κ2) is 124. The average molecular weight is 415 g/mol. The molecule has 0 aromatic heterocycles. The molecule has 0 unspecified atom stereocenters. The molecular formula is F6Sm2. The van der Waals surface area contributed by atoms with Crippen LogP contribution < -0.4 is 28.2 Å². The van der Waals surface area contributed by atoms with Crippen molar-refractivity contribution in [1.82, 2.24) is 0 Å². The smallest absolute Gasteiger partial charge is 1.00 e. The first-order chi connectivity index (χ1) is 0. The van der Waals surface area contributed by atoms with Crippen LogP contribution in [0.25, 0.3) is 0 Å². The van der Waals surface area contributed by atoms with Crippen molar-refractivity contribution < 1.29 is 109 Å². The molecule has 0 aliphatic rings. The van der Waals surface area contributed by atoms with E-state index in [9.17, 15) is 0 Å². The Morgan fingerprint density at radius 1 is 0.250 bits per heavy atom. The Hall–Kier alpha value is 2.26. The molecule has 0 aromatic carbocycles. The zero-order chi connectivity index (χ0) is 0. The first-order valence-corrected chi connectivity index (χ1v) is 0. The fourth-order valence-electron chi connectivity index (χ4n) is 0. The Morgan fingerprint density at radius 2 is 0.250 bits per heavy atom. The average Bonchev–Trinajstić information content (AvgIpc) is 0. The molecule has 0 atom stereocenters. The summed E-state index contributed by atoms with van der Waals surface area (Å²) < 4.78 is 0. The molecule has 0 rings (SSSR count). The van der Waals surface area contributed by atoms with Gasteiger partial charge in [-0.25, -0.2) is 0 Å². The third-order valence-electron chi connectivity index (χ3n) is 0. The van der Waals surface area contributed by atoms with Gasteiger partial charge in [0.2, 0.25) is 0 Å². The zero-order valence-corrected chi connectivity index (χ0v) is 8.32. The first-order valence-electron chi connectivity index (χ1n) is 0. The van der Waals surface area contributed by atoms with E-state index in [1.807, 2.05) is 0 Å². The molecule has 0 nitrogen and oxygen atoms in total. The molecule has 0 aliphatic carbocycles. The van der Waals surface area contributed by atoms with Crippen LogP contribution in [0.1, 0.15) is 0 Å². The molecular weight excluding hydrogens is 415 g/mol. The van der Waals surface area contributed by atoms with Gasteiger partial charge in [0.25, 0.3) is 0 Å². The van der Waals surface area contributed by atoms with Crippen LogP contribution in [0.5, 0.6) is 0 Å². The maximum absolute atomic E-state index is 0. The molecule has 0 N–H and O–H groups in total. The van der Waals surface area contributed by atoms with Gasteiger partial charge in [-0.05, 0) is 0 Å². The molecule has 0 aliphatic heterocycles. The van der Waals surface area contributed by atoms with Crippen LogP contribution in [0.15, 0.2) is 0 Å². The van der Waals surface area contributed by atoms with Crippen molar-refractivity contribution in [3.63, 3.8) is 0 Å². The van der Waals surface area contributed by atoms with Gasteiger partial charge in [-0.15, -0.1) is 0 Å². The third-order valence-corrected chi connectivity index (χ3v) is 0. The molecule has 0 fully saturated rings. The molecule has 0 spiro atoms. The van der Waals surface area contributed by atoms with Crippen molar-refractivity contribution in [3.05, 3.63) is 0 Å². The van der Waals surface area contributed by atoms with E-state index in [0.717, 1.165) is 0 Å². The van der Waals surface area contributed by atoms with E-state index in [4.69, 9.17) is 0 Å². The summed E-state index contributed by atoms with van der Waals surface area (Å²) in [4.78, 5) is 0. The maximum atomic E-state index is 0. The van der Waals surface area contributed by atoms with Crippen LogP contribution in [0, 0.1) is 80.8 Å². The number of hydrogen-bond acceptors (Lipinski definition) is 0. The molecule has 8 heavy (non-hydrogen) atoms. The van der Waals surface area contributed by atoms with E-state index in [1.165, 1.54) is 0 Å². The summed E-state index contributed by atoms with van der Waals surface area (Å²) in [5.41, 5.74) is 0. The van der Waals surface area contributed by atoms with Crippen molar-refractivity contribution in [2.45, 2.75) is 0 Å². The maximum Gasteiger partial charge on any atom is 3.00 e. The van der Waals surface area contributed by atoms with Crippen LogP contribution >= 0.6 is 0 Å². The van der Waals surface area contributed by atoms with Gasteiger partial charge < -0.3 is 28.2 Å². The van der Waals surface area contributed by atoms with Crippen molar-refractivity contribution in [1.29, 1.82) is 0 Å². The van der Waals surface area contributed by atoms with Crippen LogP contribution in [0.3, 0.4) is 0 Å². The van der Waals surface area contributed by atoms with Gasteiger partial charge in [-0.1, -0.05) is 0 Å². The fraction of sp³-hybridized carbons (Fsp3) is 0. The topological polar surface area (TPSA) is 0 Å². The van der Waals surface area contributed by atoms with Gasteiger partial charge in [0.05, 0.1) is 0 Å². The van der Waals surface area contributed by atoms with Crippen molar-refractivity contribution >= 4 is 0 Å². The first kappa shape index (κ1) is 173. The molecule has 0 bridgehead atoms. The normalized spacial score (nSPS) is 0. The Kier molecular flexibility index (Phi) is 2680. The summed E-state index contributed by atoms with van der Waals surface area (Å²) in [5.74, 6) is 0. The Morgan fingerprint density at radius 3 is 0.250 bits per heavy atom. The van der Waals surface area contributed by atoms with E-state index >= 15 is 0 Å². The minimum atomic E-state index is 0. The summed E-state index contributed by atoms with van der Waals surface area (Å²) in [5, 5.41) is 0. The van der Waals surface area contributed by atoms with Gasteiger partial charge in [-0.2, -0.15) is 0 Å². The summed E-state index contributed by atoms with van der Waals surface area (Å²) in [6.07, 6.45) is 0. The quantitative estimate of drug-likeness (QED) is 0.346. The van der Waals surface area contributed by atoms with Gasteiger partial charge >= 0.3 is 80.8 Å². The molecule has 54 valence electrons. The predicted octanol–water partition coefficient (Wildman–Crippen LogP) is -18.0. The summed E-state index contributed by atoms with van der Waals surface area (Å²) in [7, 11) is 0. The number of rotatable bonds is 0. The fourth-order valence-corrected chi connectivity index (χ4v) is 0. The molecule has 0 saturated carbocycles. The predicted molar refractivity (Wildman–Crippen MR) is 0 cm³/mol. The minimum absolute atomic E-state index is 0. The van der Waals surface area contributed by atoms with Crippen molar-refractivity contribution in [2.24, 2.45) is 0 Å². The molecule has 0 amide bonds. The van der Waals surface area contributed by atoms with Gasteiger partial charge in [0.1, 0.15) is 0 Å². The van der Waals surface area contributed by atoms with Crippen LogP contribution in [0.2, 0.25) is 0 Å². The number of halogens is 6. The van der Waals surface area contributed by atoms with Crippen LogP contribution in [0.4, 0.5) is 0 Å². The standard InChI is InChI=1S/6FH.2Sm/h6*1H;;/q;;;;;;2*+3/p-6. The molecule has 8 heteroatoms. The van der Waals surface area contributed by atoms with Gasteiger partial charge in [0.15, 0.2) is 0 Å². The molecule has 2 radical (unpaired) electrons. The van der Waals surface area contributed by atoms with E-state index < -0.39 is 0 Å². The largest absolute Gasteiger partial charge is 3.00 e. The van der Waals surface area contributed by atoms with E-state index in [1.54, 1.807) is 0 Å². The molecule has 0 saturated heterocycles. The molecule has 0 aromatic rings. The summed E-state index contributed by atoms with van der Waals surface area (Å²) >= 11 is 0. The monoisotopic (exact) mass is 418 g/mol. The number of hydrogen-bond donors (Lipinski definition) is 0. The SMILES string of the molecule is [F-].[F-].[F-].[F-].[F-].[F-].[Sm+3].[Sm+3]. The summed E-state index contributed by atoms with van der Waals surface area (Å²) in [6, 6.07) is 0. The summed E-state index contributed by atoms with van der Waals surface area (Å²) in [6.45, 7) is 0. The van der Waals surface area contributed by atoms with Gasteiger partial charge in [0, 0.05) is 0 Å². The van der Waals surface area contributed by atoms with Crippen molar-refractivity contribution in [3.8, 4) is 0 Å². The van der Waals surface area contributed by atoms with Crippen LogP contribution in [-0.2, 0) is 0 Å². The van der Waals surface area contributed by atoms with Crippen molar-refractivity contribution in [2.75, 3.05) is 0 Å². The zero-order valence-electron chi connectivity index (χ0n) is 3.08. The van der Waals surface area contributed by atoms with Gasteiger partial charge in [-0.3, -0.25) is 0 Å². The van der Waals surface area contributed by atoms with E-state index in [0.29, 0.717) is 0 Å². The second-order valence-electron chi connectivity index (χ2n) is 0. The second-order valence-corrected chi connectivity index (χ2v) is 0. The van der Waals surface area contributed by atoms with Crippen LogP contribution in [-0.4, -0.2) is 0 Å². The van der Waals surface area contributed by atoms with E-state index in [-0.39, 0.29) is 109 Å².